The van der Waals surface area contributed by atoms with Gasteiger partial charge in [-0.2, -0.15) is 28.4 Å². The molecule has 0 amide bonds. The number of anilines is 2. The van der Waals surface area contributed by atoms with Crippen LogP contribution in [0.5, 0.6) is 5.88 Å². The van der Waals surface area contributed by atoms with Crippen molar-refractivity contribution in [3.05, 3.63) is 53.9 Å². The van der Waals surface area contributed by atoms with E-state index >= 15 is 0 Å². The number of halogens is 3. The zero-order valence-corrected chi connectivity index (χ0v) is 13.9. The lowest BCUT2D eigenvalue weighted by atomic mass is 10.2. The highest BCUT2D eigenvalue weighted by molar-refractivity contribution is 5.66. The summed E-state index contributed by atoms with van der Waals surface area (Å²) in [4.78, 5) is 7.93. The lowest BCUT2D eigenvalue weighted by Gasteiger charge is -2.17. The summed E-state index contributed by atoms with van der Waals surface area (Å²) in [6.45, 7) is 1.88. The second-order valence-corrected chi connectivity index (χ2v) is 5.40. The largest absolute Gasteiger partial charge is 0.480 e. The van der Waals surface area contributed by atoms with E-state index in [1.807, 2.05) is 6.92 Å². The number of nitrogens with one attached hydrogen (secondary N) is 1. The van der Waals surface area contributed by atoms with Crippen LogP contribution in [0.25, 0.3) is 11.4 Å². The number of alkyl halides is 3. The summed E-state index contributed by atoms with van der Waals surface area (Å²) >= 11 is 0. The van der Waals surface area contributed by atoms with Crippen molar-refractivity contribution >= 4 is 11.5 Å². The molecule has 3 aromatic rings. The van der Waals surface area contributed by atoms with Gasteiger partial charge in [0.2, 0.25) is 5.88 Å². The minimum absolute atomic E-state index is 0.0411. The molecule has 134 valence electrons. The predicted molar refractivity (Wildman–Crippen MR) is 89.1 cm³/mol. The molecule has 2 heterocycles. The first-order chi connectivity index (χ1) is 12.4. The third-order valence-electron chi connectivity index (χ3n) is 3.51. The molecule has 0 bridgehead atoms. The van der Waals surface area contributed by atoms with Crippen molar-refractivity contribution in [3.63, 3.8) is 0 Å². The van der Waals surface area contributed by atoms with Crippen LogP contribution in [-0.2, 0) is 6.18 Å². The molecule has 0 spiro atoms. The third kappa shape index (κ3) is 3.71. The van der Waals surface area contributed by atoms with Gasteiger partial charge in [-0.3, -0.25) is 0 Å². The van der Waals surface area contributed by atoms with E-state index in [1.165, 1.54) is 12.4 Å². The molecule has 0 unspecified atom stereocenters. The Labute approximate surface area is 147 Å². The van der Waals surface area contributed by atoms with E-state index in [2.05, 4.69) is 25.5 Å². The van der Waals surface area contributed by atoms with Crippen LogP contribution in [-0.4, -0.2) is 27.3 Å². The molecule has 1 N–H and O–H groups in total. The smallest absolute Gasteiger partial charge is 0.425 e. The Morgan fingerprint density at radius 1 is 1.00 bits per heavy atom. The van der Waals surface area contributed by atoms with E-state index in [0.29, 0.717) is 11.3 Å². The van der Waals surface area contributed by atoms with Gasteiger partial charge >= 0.3 is 6.18 Å². The van der Waals surface area contributed by atoms with Crippen molar-refractivity contribution in [2.45, 2.75) is 13.1 Å². The minimum Gasteiger partial charge on any atom is -0.480 e. The summed E-state index contributed by atoms with van der Waals surface area (Å²) in [6, 6.07) is 8.43. The molecule has 0 fully saturated rings. The van der Waals surface area contributed by atoms with E-state index < -0.39 is 23.4 Å². The Balaban J connectivity index is 2.16. The van der Waals surface area contributed by atoms with E-state index in [0.717, 1.165) is 12.7 Å². The maximum absolute atomic E-state index is 13.6. The molecule has 26 heavy (non-hydrogen) atoms. The normalized spacial score (nSPS) is 11.3. The van der Waals surface area contributed by atoms with Crippen molar-refractivity contribution in [1.82, 2.24) is 20.2 Å². The summed E-state index contributed by atoms with van der Waals surface area (Å²) in [6.07, 6.45) is -1.94. The van der Waals surface area contributed by atoms with Crippen molar-refractivity contribution < 1.29 is 17.9 Å². The van der Waals surface area contributed by atoms with Crippen LogP contribution in [0.2, 0.25) is 0 Å². The molecule has 1 aromatic carbocycles. The van der Waals surface area contributed by atoms with Crippen molar-refractivity contribution in [1.29, 1.82) is 0 Å². The average Bonchev–Trinajstić information content (AvgIpc) is 2.62. The SMILES string of the molecule is COc1nc(-c2ccnnc2)nc(Nc2ccc(C)cc2)c1C(F)(F)F. The van der Waals surface area contributed by atoms with Crippen LogP contribution in [0.1, 0.15) is 11.1 Å². The average molecular weight is 361 g/mol. The summed E-state index contributed by atoms with van der Waals surface area (Å²) in [5.41, 5.74) is 0.779. The molecule has 0 saturated carbocycles. The summed E-state index contributed by atoms with van der Waals surface area (Å²) < 4.78 is 45.6. The molecule has 6 nitrogen and oxygen atoms in total. The highest BCUT2D eigenvalue weighted by atomic mass is 19.4. The number of aromatic nitrogens is 4. The van der Waals surface area contributed by atoms with Gasteiger partial charge in [0.25, 0.3) is 0 Å². The molecule has 0 aliphatic heterocycles. The Bertz CT molecular complexity index is 899. The Morgan fingerprint density at radius 3 is 2.31 bits per heavy atom. The maximum atomic E-state index is 13.6. The first kappa shape index (κ1) is 17.6. The first-order valence-electron chi connectivity index (χ1n) is 7.52. The van der Waals surface area contributed by atoms with Crippen LogP contribution < -0.4 is 10.1 Å². The van der Waals surface area contributed by atoms with Gasteiger partial charge in [-0.1, -0.05) is 17.7 Å². The summed E-state index contributed by atoms with van der Waals surface area (Å²) in [7, 11) is 1.13. The molecule has 0 saturated heterocycles. The van der Waals surface area contributed by atoms with E-state index in [9.17, 15) is 13.2 Å². The van der Waals surface area contributed by atoms with E-state index in [1.54, 1.807) is 30.3 Å². The summed E-state index contributed by atoms with van der Waals surface area (Å²) in [5.74, 6) is -0.937. The quantitative estimate of drug-likeness (QED) is 0.757. The van der Waals surface area contributed by atoms with Crippen LogP contribution in [0.15, 0.2) is 42.7 Å². The molecule has 0 radical (unpaired) electrons. The van der Waals surface area contributed by atoms with Gasteiger partial charge in [-0.05, 0) is 25.1 Å². The molecule has 2 aromatic heterocycles. The second-order valence-electron chi connectivity index (χ2n) is 5.40. The van der Waals surface area contributed by atoms with Crippen LogP contribution in [0.4, 0.5) is 24.7 Å². The Kier molecular flexibility index (Phi) is 4.70. The number of ether oxygens (including phenoxy) is 1. The van der Waals surface area contributed by atoms with Gasteiger partial charge in [-0.25, -0.2) is 4.98 Å². The minimum atomic E-state index is -4.70. The maximum Gasteiger partial charge on any atom is 0.425 e. The van der Waals surface area contributed by atoms with Gasteiger partial charge in [0, 0.05) is 11.3 Å². The standard InChI is InChI=1S/C17H14F3N5O/c1-10-3-5-12(6-4-10)23-15-13(17(18,19)20)16(26-2)25-14(24-15)11-7-8-21-22-9-11/h3-9H,1-2H3,(H,23,24,25). The molecule has 0 aliphatic carbocycles. The number of benzene rings is 1. The zero-order chi connectivity index (χ0) is 18.7. The number of aryl methyl sites for hydroxylation is 1. The number of rotatable bonds is 4. The van der Waals surface area contributed by atoms with Gasteiger partial charge in [0.05, 0.1) is 19.5 Å². The van der Waals surface area contributed by atoms with Gasteiger partial charge in [0.1, 0.15) is 0 Å². The topological polar surface area (TPSA) is 72.8 Å². The predicted octanol–water partition coefficient (Wildman–Crippen LogP) is 4.01. The zero-order valence-electron chi connectivity index (χ0n) is 13.9. The fourth-order valence-electron chi connectivity index (χ4n) is 2.26. The van der Waals surface area contributed by atoms with Crippen molar-refractivity contribution in [2.24, 2.45) is 0 Å². The van der Waals surface area contributed by atoms with Gasteiger partial charge in [0.15, 0.2) is 17.2 Å². The molecule has 3 rings (SSSR count). The van der Waals surface area contributed by atoms with Crippen LogP contribution >= 0.6 is 0 Å². The Morgan fingerprint density at radius 2 is 1.73 bits per heavy atom. The molecule has 0 aliphatic rings. The lowest BCUT2D eigenvalue weighted by molar-refractivity contribution is -0.138. The highest BCUT2D eigenvalue weighted by Crippen LogP contribution is 2.41. The third-order valence-corrected chi connectivity index (χ3v) is 3.51. The lowest BCUT2D eigenvalue weighted by Crippen LogP contribution is -2.14. The molecule has 9 heteroatoms. The van der Waals surface area contributed by atoms with E-state index in [-0.39, 0.29) is 5.82 Å². The van der Waals surface area contributed by atoms with Crippen molar-refractivity contribution in [3.8, 4) is 17.3 Å². The van der Waals surface area contributed by atoms with E-state index in [4.69, 9.17) is 4.74 Å². The molecule has 0 atom stereocenters. The first-order valence-corrected chi connectivity index (χ1v) is 7.52. The number of nitrogens with zero attached hydrogens (tertiary/aromatic N) is 4. The number of hydrogen-bond acceptors (Lipinski definition) is 6. The monoisotopic (exact) mass is 361 g/mol. The highest BCUT2D eigenvalue weighted by Gasteiger charge is 2.40. The molecular weight excluding hydrogens is 347 g/mol. The molecular formula is C17H14F3N5O. The number of hydrogen-bond donors (Lipinski definition) is 1. The van der Waals surface area contributed by atoms with Gasteiger partial charge < -0.3 is 10.1 Å². The second kappa shape index (κ2) is 6.95. The van der Waals surface area contributed by atoms with Crippen molar-refractivity contribution in [2.75, 3.05) is 12.4 Å². The number of methoxy groups -OCH3 is 1. The van der Waals surface area contributed by atoms with Crippen LogP contribution in [0.3, 0.4) is 0 Å². The fourth-order valence-corrected chi connectivity index (χ4v) is 2.26. The van der Waals surface area contributed by atoms with Gasteiger partial charge in [-0.15, -0.1) is 0 Å². The van der Waals surface area contributed by atoms with Crippen LogP contribution in [0, 0.1) is 6.92 Å². The summed E-state index contributed by atoms with van der Waals surface area (Å²) in [5, 5.41) is 10.0. The Hall–Kier alpha value is -3.23. The fraction of sp³-hybridized carbons (Fsp3) is 0.176.